The summed E-state index contributed by atoms with van der Waals surface area (Å²) in [5.41, 5.74) is 5.07. The number of hydrogen-bond donors (Lipinski definition) is 1. The van der Waals surface area contributed by atoms with Crippen molar-refractivity contribution >= 4 is 5.97 Å². The van der Waals surface area contributed by atoms with Gasteiger partial charge in [-0.15, -0.1) is 0 Å². The van der Waals surface area contributed by atoms with E-state index in [0.717, 1.165) is 0 Å². The smallest absolute Gasteiger partial charge is 0.323 e. The van der Waals surface area contributed by atoms with Crippen LogP contribution in [0.5, 0.6) is 0 Å². The summed E-state index contributed by atoms with van der Waals surface area (Å²) in [6, 6.07) is 4.12. The van der Waals surface area contributed by atoms with Crippen molar-refractivity contribution in [3.05, 3.63) is 34.4 Å². The number of methoxy groups -OCH3 is 1. The number of nitrogens with one attached hydrogen (secondary N) is 1. The lowest BCUT2D eigenvalue weighted by atomic mass is 9.99. The second-order valence-corrected chi connectivity index (χ2v) is 5.49. The quantitative estimate of drug-likeness (QED) is 0.830. The maximum Gasteiger partial charge on any atom is 0.323 e. The maximum atomic E-state index is 11.7. The zero-order valence-corrected chi connectivity index (χ0v) is 12.8. The van der Waals surface area contributed by atoms with Gasteiger partial charge in [-0.1, -0.05) is 26.0 Å². The predicted octanol–water partition coefficient (Wildman–Crippen LogP) is 2.90. The molecule has 1 unspecified atom stereocenters. The van der Waals surface area contributed by atoms with Crippen LogP contribution in [-0.4, -0.2) is 19.1 Å². The van der Waals surface area contributed by atoms with Crippen molar-refractivity contribution < 1.29 is 9.53 Å². The molecule has 0 radical (unpaired) electrons. The standard InChI is InChI=1S/C16H25NO2/c1-10(2)15(16(18)19-6)17-9-14-8-12(4)11(3)7-13(14)5/h7-8,10,15,17H,9H2,1-6H3. The first-order valence-electron chi connectivity index (χ1n) is 6.74. The summed E-state index contributed by atoms with van der Waals surface area (Å²) in [4.78, 5) is 11.7. The summed E-state index contributed by atoms with van der Waals surface area (Å²) < 4.78 is 4.83. The number of ether oxygens (including phenoxy) is 1. The normalized spacial score (nSPS) is 12.6. The number of aryl methyl sites for hydroxylation is 3. The first-order chi connectivity index (χ1) is 8.86. The monoisotopic (exact) mass is 263 g/mol. The molecule has 1 aromatic carbocycles. The van der Waals surface area contributed by atoms with Gasteiger partial charge in [0.05, 0.1) is 7.11 Å². The van der Waals surface area contributed by atoms with Crippen molar-refractivity contribution in [3.8, 4) is 0 Å². The molecule has 19 heavy (non-hydrogen) atoms. The summed E-state index contributed by atoms with van der Waals surface area (Å²) in [5, 5.41) is 3.30. The van der Waals surface area contributed by atoms with E-state index in [9.17, 15) is 4.79 Å². The minimum atomic E-state index is -0.258. The molecule has 0 aliphatic rings. The van der Waals surface area contributed by atoms with Crippen LogP contribution in [0.4, 0.5) is 0 Å². The summed E-state index contributed by atoms with van der Waals surface area (Å²) in [6.07, 6.45) is 0. The molecule has 0 fully saturated rings. The van der Waals surface area contributed by atoms with E-state index in [2.05, 4.69) is 38.2 Å². The van der Waals surface area contributed by atoms with Crippen LogP contribution in [0.2, 0.25) is 0 Å². The molecule has 1 atom stereocenters. The van der Waals surface area contributed by atoms with Gasteiger partial charge in [0, 0.05) is 6.54 Å². The zero-order chi connectivity index (χ0) is 14.6. The van der Waals surface area contributed by atoms with E-state index < -0.39 is 0 Å². The van der Waals surface area contributed by atoms with Gasteiger partial charge in [0.15, 0.2) is 0 Å². The van der Waals surface area contributed by atoms with Crippen molar-refractivity contribution in [1.29, 1.82) is 0 Å². The number of benzene rings is 1. The predicted molar refractivity (Wildman–Crippen MR) is 78.1 cm³/mol. The third kappa shape index (κ3) is 4.06. The molecule has 0 saturated heterocycles. The Labute approximate surface area is 116 Å². The number of carbonyl (C=O) groups is 1. The third-order valence-corrected chi connectivity index (χ3v) is 3.59. The molecule has 0 spiro atoms. The van der Waals surface area contributed by atoms with Crippen LogP contribution in [0.3, 0.4) is 0 Å². The second kappa shape index (κ2) is 6.71. The minimum Gasteiger partial charge on any atom is -0.468 e. The van der Waals surface area contributed by atoms with Crippen LogP contribution in [-0.2, 0) is 16.1 Å². The zero-order valence-electron chi connectivity index (χ0n) is 12.8. The first kappa shape index (κ1) is 15.7. The van der Waals surface area contributed by atoms with E-state index in [1.165, 1.54) is 29.4 Å². The molecule has 0 aromatic heterocycles. The van der Waals surface area contributed by atoms with Crippen LogP contribution in [0.15, 0.2) is 12.1 Å². The molecule has 0 amide bonds. The summed E-state index contributed by atoms with van der Waals surface area (Å²) in [7, 11) is 1.43. The molecule has 1 rings (SSSR count). The fourth-order valence-corrected chi connectivity index (χ4v) is 2.15. The summed E-state index contributed by atoms with van der Waals surface area (Å²) >= 11 is 0. The fourth-order valence-electron chi connectivity index (χ4n) is 2.15. The number of hydrogen-bond acceptors (Lipinski definition) is 3. The number of carbonyl (C=O) groups excluding carboxylic acids is 1. The minimum absolute atomic E-state index is 0.198. The highest BCUT2D eigenvalue weighted by atomic mass is 16.5. The Bertz CT molecular complexity index is 452. The van der Waals surface area contributed by atoms with Gasteiger partial charge in [-0.25, -0.2) is 0 Å². The highest BCUT2D eigenvalue weighted by molar-refractivity contribution is 5.75. The van der Waals surface area contributed by atoms with E-state index in [1.54, 1.807) is 0 Å². The van der Waals surface area contributed by atoms with Crippen LogP contribution in [0.1, 0.15) is 36.1 Å². The lowest BCUT2D eigenvalue weighted by Gasteiger charge is -2.21. The molecule has 1 N–H and O–H groups in total. The van der Waals surface area contributed by atoms with E-state index in [0.29, 0.717) is 6.54 Å². The molecule has 1 aromatic rings. The molecule has 3 nitrogen and oxygen atoms in total. The first-order valence-corrected chi connectivity index (χ1v) is 6.74. The average molecular weight is 263 g/mol. The van der Waals surface area contributed by atoms with Gasteiger partial charge in [0.2, 0.25) is 0 Å². The maximum absolute atomic E-state index is 11.7. The van der Waals surface area contributed by atoms with Crippen LogP contribution < -0.4 is 5.32 Å². The number of rotatable bonds is 5. The second-order valence-electron chi connectivity index (χ2n) is 5.49. The summed E-state index contributed by atoms with van der Waals surface area (Å²) in [5.74, 6) is 0.00999. The molecule has 0 bridgehead atoms. The van der Waals surface area contributed by atoms with Crippen molar-refractivity contribution in [3.63, 3.8) is 0 Å². The van der Waals surface area contributed by atoms with E-state index in [-0.39, 0.29) is 17.9 Å². The molecule has 0 saturated carbocycles. The largest absolute Gasteiger partial charge is 0.468 e. The topological polar surface area (TPSA) is 38.3 Å². The Morgan fingerprint density at radius 3 is 2.26 bits per heavy atom. The molecule has 106 valence electrons. The van der Waals surface area contributed by atoms with Gasteiger partial charge in [-0.2, -0.15) is 0 Å². The summed E-state index contributed by atoms with van der Waals surface area (Å²) in [6.45, 7) is 11.0. The average Bonchev–Trinajstić information content (AvgIpc) is 2.34. The van der Waals surface area contributed by atoms with E-state index in [1.807, 2.05) is 13.8 Å². The lowest BCUT2D eigenvalue weighted by Crippen LogP contribution is -2.41. The molecule has 0 heterocycles. The Kier molecular flexibility index (Phi) is 5.55. The SMILES string of the molecule is COC(=O)C(NCc1cc(C)c(C)cc1C)C(C)C. The Hall–Kier alpha value is -1.35. The fraction of sp³-hybridized carbons (Fsp3) is 0.562. The van der Waals surface area contributed by atoms with Crippen LogP contribution in [0, 0.1) is 26.7 Å². The molecule has 0 aliphatic carbocycles. The number of esters is 1. The van der Waals surface area contributed by atoms with Gasteiger partial charge in [0.1, 0.15) is 6.04 Å². The van der Waals surface area contributed by atoms with Gasteiger partial charge >= 0.3 is 5.97 Å². The van der Waals surface area contributed by atoms with Crippen LogP contribution in [0.25, 0.3) is 0 Å². The Balaban J connectivity index is 2.80. The van der Waals surface area contributed by atoms with Gasteiger partial charge in [-0.05, 0) is 48.9 Å². The molecular weight excluding hydrogens is 238 g/mol. The Morgan fingerprint density at radius 1 is 1.16 bits per heavy atom. The van der Waals surface area contributed by atoms with Crippen molar-refractivity contribution in [1.82, 2.24) is 5.32 Å². The van der Waals surface area contributed by atoms with Gasteiger partial charge < -0.3 is 10.1 Å². The molecular formula is C16H25NO2. The van der Waals surface area contributed by atoms with Crippen molar-refractivity contribution in [2.24, 2.45) is 5.92 Å². The van der Waals surface area contributed by atoms with E-state index in [4.69, 9.17) is 4.74 Å². The Morgan fingerprint density at radius 2 is 1.74 bits per heavy atom. The van der Waals surface area contributed by atoms with Crippen LogP contribution >= 0.6 is 0 Å². The van der Waals surface area contributed by atoms with Gasteiger partial charge in [0.25, 0.3) is 0 Å². The highest BCUT2D eigenvalue weighted by Crippen LogP contribution is 2.16. The van der Waals surface area contributed by atoms with Crippen molar-refractivity contribution in [2.45, 2.75) is 47.2 Å². The molecule has 3 heteroatoms. The molecule has 0 aliphatic heterocycles. The van der Waals surface area contributed by atoms with Gasteiger partial charge in [-0.3, -0.25) is 4.79 Å². The van der Waals surface area contributed by atoms with Crippen molar-refractivity contribution in [2.75, 3.05) is 7.11 Å². The van der Waals surface area contributed by atoms with E-state index >= 15 is 0 Å². The third-order valence-electron chi connectivity index (χ3n) is 3.59. The highest BCUT2D eigenvalue weighted by Gasteiger charge is 2.22. The lowest BCUT2D eigenvalue weighted by molar-refractivity contribution is -0.144.